The van der Waals surface area contributed by atoms with Crippen LogP contribution in [0, 0.1) is 24.2 Å². The Bertz CT molecular complexity index is 352. The van der Waals surface area contributed by atoms with Crippen LogP contribution in [0.1, 0.15) is 24.5 Å². The van der Waals surface area contributed by atoms with Crippen molar-refractivity contribution in [3.63, 3.8) is 0 Å². The molecule has 0 aromatic heterocycles. The summed E-state index contributed by atoms with van der Waals surface area (Å²) in [6.45, 7) is 2.17. The summed E-state index contributed by atoms with van der Waals surface area (Å²) < 4.78 is 0. The molecule has 0 bridgehead atoms. The molecule has 0 aliphatic carbocycles. The molecule has 0 saturated carbocycles. The molecule has 1 aromatic rings. The average molecular weight is 168 g/mol. The summed E-state index contributed by atoms with van der Waals surface area (Å²) in [5.74, 6) is 7.77. The first-order chi connectivity index (χ1) is 6.36. The van der Waals surface area contributed by atoms with E-state index in [-0.39, 0.29) is 0 Å². The van der Waals surface area contributed by atoms with Crippen molar-refractivity contribution in [2.24, 2.45) is 0 Å². The number of rotatable bonds is 2. The van der Waals surface area contributed by atoms with Gasteiger partial charge in [-0.15, -0.1) is 6.42 Å². The van der Waals surface area contributed by atoms with Crippen LogP contribution in [0.25, 0.3) is 0 Å². The van der Waals surface area contributed by atoms with E-state index < -0.39 is 0 Å². The van der Waals surface area contributed by atoms with Crippen molar-refractivity contribution in [2.75, 3.05) is 0 Å². The number of hydrogen-bond acceptors (Lipinski definition) is 0. The maximum atomic E-state index is 5.03. The zero-order valence-corrected chi connectivity index (χ0v) is 7.80. The standard InChI is InChI=1S/C13H12/c1-3-5-7-13-10-8-12(6-4-2)9-11-13/h1,8-11H,4,6H2,2H3. The third-order valence-corrected chi connectivity index (χ3v) is 1.77. The van der Waals surface area contributed by atoms with Crippen LogP contribution in [0.15, 0.2) is 24.3 Å². The average Bonchev–Trinajstić information content (AvgIpc) is 2.17. The van der Waals surface area contributed by atoms with Crippen LogP contribution in [0.3, 0.4) is 0 Å². The molecular weight excluding hydrogens is 156 g/mol. The Morgan fingerprint density at radius 2 is 1.92 bits per heavy atom. The van der Waals surface area contributed by atoms with Crippen LogP contribution in [0.4, 0.5) is 0 Å². The Balaban J connectivity index is 2.76. The van der Waals surface area contributed by atoms with Crippen LogP contribution >= 0.6 is 0 Å². The predicted molar refractivity (Wildman–Crippen MR) is 56.1 cm³/mol. The van der Waals surface area contributed by atoms with Gasteiger partial charge < -0.3 is 0 Å². The minimum atomic E-state index is 0.984. The summed E-state index contributed by atoms with van der Waals surface area (Å²) in [6, 6.07) is 8.22. The molecule has 0 aliphatic rings. The lowest BCUT2D eigenvalue weighted by Gasteiger charge is -1.96. The van der Waals surface area contributed by atoms with Gasteiger partial charge in [0, 0.05) is 5.56 Å². The summed E-state index contributed by atoms with van der Waals surface area (Å²) in [6.07, 6.45) is 7.33. The van der Waals surface area contributed by atoms with Crippen molar-refractivity contribution >= 4 is 0 Å². The molecule has 0 N–H and O–H groups in total. The first kappa shape index (κ1) is 9.43. The van der Waals surface area contributed by atoms with Crippen LogP contribution < -0.4 is 0 Å². The summed E-state index contributed by atoms with van der Waals surface area (Å²) in [7, 11) is 0. The molecule has 0 nitrogen and oxygen atoms in total. The molecule has 0 aliphatic heterocycles. The Morgan fingerprint density at radius 1 is 1.23 bits per heavy atom. The SMILES string of the molecule is C#CC#Cc1ccc(CCC)cc1. The van der Waals surface area contributed by atoms with Gasteiger partial charge in [-0.2, -0.15) is 0 Å². The number of benzene rings is 1. The molecule has 0 heteroatoms. The van der Waals surface area contributed by atoms with Gasteiger partial charge in [0.2, 0.25) is 0 Å². The smallest absolute Gasteiger partial charge is 0.0255 e. The summed E-state index contributed by atoms with van der Waals surface area (Å²) in [5.41, 5.74) is 2.34. The van der Waals surface area contributed by atoms with Crippen molar-refractivity contribution in [2.45, 2.75) is 19.8 Å². The van der Waals surface area contributed by atoms with Crippen LogP contribution in [-0.4, -0.2) is 0 Å². The molecule has 0 heterocycles. The van der Waals surface area contributed by atoms with Crippen LogP contribution in [0.2, 0.25) is 0 Å². The molecule has 1 aromatic carbocycles. The highest BCUT2D eigenvalue weighted by Crippen LogP contribution is 2.05. The largest absolute Gasteiger partial charge is 0.106 e. The molecule has 0 fully saturated rings. The summed E-state index contributed by atoms with van der Waals surface area (Å²) in [4.78, 5) is 0. The van der Waals surface area contributed by atoms with E-state index in [1.807, 2.05) is 12.1 Å². The molecule has 0 radical (unpaired) electrons. The Hall–Kier alpha value is -1.66. The van der Waals surface area contributed by atoms with Gasteiger partial charge in [0.1, 0.15) is 0 Å². The fourth-order valence-corrected chi connectivity index (χ4v) is 1.15. The molecule has 0 unspecified atom stereocenters. The highest BCUT2D eigenvalue weighted by atomic mass is 13.9. The van der Waals surface area contributed by atoms with Gasteiger partial charge >= 0.3 is 0 Å². The first-order valence-corrected chi connectivity index (χ1v) is 4.42. The fraction of sp³-hybridized carbons (Fsp3) is 0.231. The Kier molecular flexibility index (Phi) is 3.68. The molecular formula is C13H12. The van der Waals surface area contributed by atoms with Crippen molar-refractivity contribution in [1.82, 2.24) is 0 Å². The second-order valence-electron chi connectivity index (χ2n) is 2.84. The highest BCUT2D eigenvalue weighted by Gasteiger charge is 1.90. The van der Waals surface area contributed by atoms with Crippen molar-refractivity contribution in [3.8, 4) is 24.2 Å². The lowest BCUT2D eigenvalue weighted by molar-refractivity contribution is 0.922. The number of aryl methyl sites for hydroxylation is 1. The summed E-state index contributed by atoms with van der Waals surface area (Å²) in [5, 5.41) is 0. The second-order valence-corrected chi connectivity index (χ2v) is 2.84. The van der Waals surface area contributed by atoms with Crippen LogP contribution in [-0.2, 0) is 6.42 Å². The van der Waals surface area contributed by atoms with E-state index in [2.05, 4.69) is 36.8 Å². The Labute approximate surface area is 80.0 Å². The number of terminal acetylenes is 1. The van der Waals surface area contributed by atoms with Crippen molar-refractivity contribution < 1.29 is 0 Å². The van der Waals surface area contributed by atoms with E-state index in [9.17, 15) is 0 Å². The van der Waals surface area contributed by atoms with Gasteiger partial charge in [-0.05, 0) is 36.0 Å². The van der Waals surface area contributed by atoms with E-state index in [1.165, 1.54) is 12.0 Å². The van der Waals surface area contributed by atoms with Gasteiger partial charge in [0.25, 0.3) is 0 Å². The maximum Gasteiger partial charge on any atom is 0.0255 e. The lowest BCUT2D eigenvalue weighted by atomic mass is 10.1. The zero-order chi connectivity index (χ0) is 9.52. The molecule has 0 atom stereocenters. The van der Waals surface area contributed by atoms with Crippen molar-refractivity contribution in [1.29, 1.82) is 0 Å². The third kappa shape index (κ3) is 3.06. The maximum absolute atomic E-state index is 5.03. The number of hydrogen-bond donors (Lipinski definition) is 0. The quantitative estimate of drug-likeness (QED) is 0.595. The van der Waals surface area contributed by atoms with Gasteiger partial charge in [-0.25, -0.2) is 0 Å². The molecule has 0 saturated heterocycles. The molecule has 1 rings (SSSR count). The molecule has 13 heavy (non-hydrogen) atoms. The Morgan fingerprint density at radius 3 is 2.46 bits per heavy atom. The molecule has 0 spiro atoms. The topological polar surface area (TPSA) is 0 Å². The predicted octanol–water partition coefficient (Wildman–Crippen LogP) is 2.62. The minimum absolute atomic E-state index is 0.984. The molecule has 64 valence electrons. The lowest BCUT2D eigenvalue weighted by Crippen LogP contribution is -1.82. The van der Waals surface area contributed by atoms with Gasteiger partial charge in [0.15, 0.2) is 0 Å². The van der Waals surface area contributed by atoms with E-state index >= 15 is 0 Å². The van der Waals surface area contributed by atoms with E-state index in [4.69, 9.17) is 6.42 Å². The van der Waals surface area contributed by atoms with E-state index in [0.29, 0.717) is 0 Å². The van der Waals surface area contributed by atoms with Crippen LogP contribution in [0.5, 0.6) is 0 Å². The zero-order valence-electron chi connectivity index (χ0n) is 7.80. The van der Waals surface area contributed by atoms with Crippen molar-refractivity contribution in [3.05, 3.63) is 35.4 Å². The van der Waals surface area contributed by atoms with Gasteiger partial charge in [0.05, 0.1) is 0 Å². The second kappa shape index (κ2) is 5.07. The molecule has 0 amide bonds. The van der Waals surface area contributed by atoms with E-state index in [0.717, 1.165) is 12.0 Å². The normalized spacial score (nSPS) is 8.31. The minimum Gasteiger partial charge on any atom is -0.106 e. The fourth-order valence-electron chi connectivity index (χ4n) is 1.15. The van der Waals surface area contributed by atoms with Gasteiger partial charge in [-0.1, -0.05) is 31.4 Å². The van der Waals surface area contributed by atoms with Gasteiger partial charge in [-0.3, -0.25) is 0 Å². The third-order valence-electron chi connectivity index (χ3n) is 1.77. The van der Waals surface area contributed by atoms with E-state index in [1.54, 1.807) is 0 Å². The monoisotopic (exact) mass is 168 g/mol. The first-order valence-electron chi connectivity index (χ1n) is 4.42. The highest BCUT2D eigenvalue weighted by molar-refractivity contribution is 5.40. The summed E-state index contributed by atoms with van der Waals surface area (Å²) >= 11 is 0.